The highest BCUT2D eigenvalue weighted by Gasteiger charge is 2.42. The molecule has 3 aromatic carbocycles. The highest BCUT2D eigenvalue weighted by Crippen LogP contribution is 2.39. The summed E-state index contributed by atoms with van der Waals surface area (Å²) in [5.41, 5.74) is 2.40. The van der Waals surface area contributed by atoms with Gasteiger partial charge in [-0.25, -0.2) is 0 Å². The lowest BCUT2D eigenvalue weighted by atomic mass is 9.98. The molecule has 0 saturated carbocycles. The largest absolute Gasteiger partial charge is 0.497 e. The Morgan fingerprint density at radius 1 is 1.00 bits per heavy atom. The van der Waals surface area contributed by atoms with Gasteiger partial charge in [0, 0.05) is 11.0 Å². The van der Waals surface area contributed by atoms with Gasteiger partial charge in [-0.2, -0.15) is 0 Å². The summed E-state index contributed by atoms with van der Waals surface area (Å²) in [7, 11) is 1.61. The Bertz CT molecular complexity index is 1350. The molecule has 1 aliphatic heterocycles. The van der Waals surface area contributed by atoms with Crippen LogP contribution in [-0.2, 0) is 6.54 Å². The summed E-state index contributed by atoms with van der Waals surface area (Å²) in [5.74, 6) is 0.567. The molecule has 1 atom stereocenters. The van der Waals surface area contributed by atoms with Crippen molar-refractivity contribution in [2.45, 2.75) is 12.6 Å². The summed E-state index contributed by atoms with van der Waals surface area (Å²) < 4.78 is 12.0. The summed E-state index contributed by atoms with van der Waals surface area (Å²) in [5, 5.41) is 0.452. The van der Waals surface area contributed by atoms with Crippen LogP contribution in [0.3, 0.4) is 0 Å². The quantitative estimate of drug-likeness (QED) is 0.401. The van der Waals surface area contributed by atoms with E-state index in [0.29, 0.717) is 23.1 Å². The van der Waals surface area contributed by atoms with Crippen molar-refractivity contribution in [3.05, 3.63) is 110 Å². The van der Waals surface area contributed by atoms with E-state index in [1.165, 1.54) is 0 Å². The standard InChI is InChI=1S/C25H18BrNO4/c1-30-18-10-7-15(8-11-18)14-27-22(16-5-3-2-4-6-16)21-23(28)19-13-17(26)9-12-20(19)31-24(21)25(27)29/h2-13,22H,14H2,1H3. The van der Waals surface area contributed by atoms with Gasteiger partial charge in [0.1, 0.15) is 11.3 Å². The molecule has 1 aliphatic rings. The van der Waals surface area contributed by atoms with E-state index in [9.17, 15) is 9.59 Å². The summed E-state index contributed by atoms with van der Waals surface area (Å²) in [6, 6.07) is 21.8. The van der Waals surface area contributed by atoms with Crippen LogP contribution in [0, 0.1) is 0 Å². The number of hydrogen-bond donors (Lipinski definition) is 0. The number of rotatable bonds is 4. The zero-order valence-corrected chi connectivity index (χ0v) is 18.3. The van der Waals surface area contributed by atoms with Crippen LogP contribution in [0.15, 0.2) is 86.5 Å². The summed E-state index contributed by atoms with van der Waals surface area (Å²) in [6.45, 7) is 0.339. The second-order valence-electron chi connectivity index (χ2n) is 7.41. The van der Waals surface area contributed by atoms with Crippen LogP contribution in [0.1, 0.15) is 33.3 Å². The Labute approximate surface area is 187 Å². The Morgan fingerprint density at radius 2 is 1.74 bits per heavy atom. The van der Waals surface area contributed by atoms with E-state index in [-0.39, 0.29) is 17.1 Å². The molecule has 0 fully saturated rings. The van der Waals surface area contributed by atoms with Gasteiger partial charge in [-0.15, -0.1) is 0 Å². The lowest BCUT2D eigenvalue weighted by molar-refractivity contribution is 0.0714. The number of carbonyl (C=O) groups is 1. The molecule has 4 aromatic rings. The topological polar surface area (TPSA) is 59.8 Å². The van der Waals surface area contributed by atoms with Crippen LogP contribution in [0.2, 0.25) is 0 Å². The first-order valence-electron chi connectivity index (χ1n) is 9.82. The molecule has 0 bridgehead atoms. The van der Waals surface area contributed by atoms with Gasteiger partial charge in [-0.05, 0) is 41.5 Å². The third-order valence-electron chi connectivity index (χ3n) is 5.56. The first-order chi connectivity index (χ1) is 15.1. The van der Waals surface area contributed by atoms with Crippen molar-refractivity contribution >= 4 is 32.8 Å². The SMILES string of the molecule is COc1ccc(CN2C(=O)c3oc4ccc(Br)cc4c(=O)c3C2c2ccccc2)cc1. The fraction of sp³-hybridized carbons (Fsp3) is 0.120. The molecule has 1 aromatic heterocycles. The minimum atomic E-state index is -0.523. The number of ether oxygens (including phenoxy) is 1. The van der Waals surface area contributed by atoms with Crippen LogP contribution < -0.4 is 10.2 Å². The molecule has 0 N–H and O–H groups in total. The van der Waals surface area contributed by atoms with Gasteiger partial charge >= 0.3 is 0 Å². The maximum atomic E-state index is 13.5. The van der Waals surface area contributed by atoms with Crippen LogP contribution in [0.5, 0.6) is 5.75 Å². The first-order valence-corrected chi connectivity index (χ1v) is 10.6. The highest BCUT2D eigenvalue weighted by molar-refractivity contribution is 9.10. The van der Waals surface area contributed by atoms with Crippen molar-refractivity contribution in [3.8, 4) is 5.75 Å². The molecule has 1 amide bonds. The van der Waals surface area contributed by atoms with Gasteiger partial charge < -0.3 is 14.1 Å². The Morgan fingerprint density at radius 3 is 2.45 bits per heavy atom. The molecular formula is C25H18BrNO4. The van der Waals surface area contributed by atoms with Crippen LogP contribution >= 0.6 is 15.9 Å². The number of benzene rings is 3. The second kappa shape index (κ2) is 7.71. The van der Waals surface area contributed by atoms with Crippen LogP contribution in [0.4, 0.5) is 0 Å². The maximum Gasteiger partial charge on any atom is 0.291 e. The van der Waals surface area contributed by atoms with E-state index in [0.717, 1.165) is 21.3 Å². The summed E-state index contributed by atoms with van der Waals surface area (Å²) in [6.07, 6.45) is 0. The van der Waals surface area contributed by atoms with Gasteiger partial charge in [0.15, 0.2) is 5.43 Å². The fourth-order valence-electron chi connectivity index (χ4n) is 4.07. The predicted molar refractivity (Wildman–Crippen MR) is 121 cm³/mol. The second-order valence-corrected chi connectivity index (χ2v) is 8.32. The number of halogens is 1. The van der Waals surface area contributed by atoms with E-state index < -0.39 is 6.04 Å². The molecule has 6 heteroatoms. The van der Waals surface area contributed by atoms with Crippen molar-refractivity contribution in [2.24, 2.45) is 0 Å². The molecular weight excluding hydrogens is 458 g/mol. The molecule has 1 unspecified atom stereocenters. The maximum absolute atomic E-state index is 13.5. The van der Waals surface area contributed by atoms with Crippen molar-refractivity contribution in [1.82, 2.24) is 4.90 Å². The molecule has 31 heavy (non-hydrogen) atoms. The third kappa shape index (κ3) is 3.33. The average molecular weight is 476 g/mol. The van der Waals surface area contributed by atoms with Crippen molar-refractivity contribution in [1.29, 1.82) is 0 Å². The van der Waals surface area contributed by atoms with Gasteiger partial charge in [-0.3, -0.25) is 9.59 Å². The zero-order chi connectivity index (χ0) is 21.5. The molecule has 5 nitrogen and oxygen atoms in total. The van der Waals surface area contributed by atoms with E-state index >= 15 is 0 Å². The van der Waals surface area contributed by atoms with Gasteiger partial charge in [-0.1, -0.05) is 58.4 Å². The van der Waals surface area contributed by atoms with E-state index in [4.69, 9.17) is 9.15 Å². The Kier molecular flexibility index (Phi) is 4.87. The van der Waals surface area contributed by atoms with E-state index in [1.54, 1.807) is 30.2 Å². The van der Waals surface area contributed by atoms with Crippen molar-refractivity contribution < 1.29 is 13.9 Å². The number of methoxy groups -OCH3 is 1. The van der Waals surface area contributed by atoms with Crippen molar-refractivity contribution in [2.75, 3.05) is 7.11 Å². The van der Waals surface area contributed by atoms with Crippen LogP contribution in [0.25, 0.3) is 11.0 Å². The number of fused-ring (bicyclic) bond motifs is 2. The molecule has 0 radical (unpaired) electrons. The number of hydrogen-bond acceptors (Lipinski definition) is 4. The minimum Gasteiger partial charge on any atom is -0.497 e. The molecule has 0 spiro atoms. The van der Waals surface area contributed by atoms with Crippen LogP contribution in [-0.4, -0.2) is 17.9 Å². The summed E-state index contributed by atoms with van der Waals surface area (Å²) >= 11 is 3.42. The third-order valence-corrected chi connectivity index (χ3v) is 6.05. The zero-order valence-electron chi connectivity index (χ0n) is 16.7. The summed E-state index contributed by atoms with van der Waals surface area (Å²) in [4.78, 5) is 28.6. The Hall–Kier alpha value is -3.38. The lowest BCUT2D eigenvalue weighted by Crippen LogP contribution is -2.29. The average Bonchev–Trinajstić information content (AvgIpc) is 3.07. The fourth-order valence-corrected chi connectivity index (χ4v) is 4.43. The van der Waals surface area contributed by atoms with E-state index in [1.807, 2.05) is 54.6 Å². The highest BCUT2D eigenvalue weighted by atomic mass is 79.9. The molecule has 2 heterocycles. The molecule has 0 saturated heterocycles. The first kappa shape index (κ1) is 19.6. The normalized spacial score (nSPS) is 15.4. The van der Waals surface area contributed by atoms with Gasteiger partial charge in [0.2, 0.25) is 5.76 Å². The smallest absolute Gasteiger partial charge is 0.291 e. The lowest BCUT2D eigenvalue weighted by Gasteiger charge is -2.25. The van der Waals surface area contributed by atoms with Crippen molar-refractivity contribution in [3.63, 3.8) is 0 Å². The number of nitrogens with zero attached hydrogens (tertiary/aromatic N) is 1. The Balaban J connectivity index is 1.68. The van der Waals surface area contributed by atoms with Gasteiger partial charge in [0.05, 0.1) is 24.1 Å². The molecule has 154 valence electrons. The predicted octanol–water partition coefficient (Wildman–Crippen LogP) is 5.31. The number of carbonyl (C=O) groups excluding carboxylic acids is 1. The molecule has 5 rings (SSSR count). The molecule has 0 aliphatic carbocycles. The van der Waals surface area contributed by atoms with E-state index in [2.05, 4.69) is 15.9 Å². The van der Waals surface area contributed by atoms with Gasteiger partial charge in [0.25, 0.3) is 5.91 Å². The monoisotopic (exact) mass is 475 g/mol. The minimum absolute atomic E-state index is 0.113. The number of amides is 1.